The molecule has 0 aliphatic heterocycles. The van der Waals surface area contributed by atoms with Crippen LogP contribution >= 0.6 is 7.82 Å². The molecule has 0 aromatic rings. The molecule has 0 radical (unpaired) electrons. The number of fused-ring (bicyclic) bond motifs is 7. The van der Waals surface area contributed by atoms with Gasteiger partial charge in [0.1, 0.15) is 5.78 Å². The predicted octanol–water partition coefficient (Wildman–Crippen LogP) is 7.61. The van der Waals surface area contributed by atoms with Crippen LogP contribution in [0.1, 0.15) is 125 Å². The zero-order valence-electron chi connectivity index (χ0n) is 27.7. The lowest BCUT2D eigenvalue weighted by atomic mass is 9.32. The Morgan fingerprint density at radius 2 is 1.65 bits per heavy atom. The van der Waals surface area contributed by atoms with E-state index in [4.69, 9.17) is 9.79 Å². The van der Waals surface area contributed by atoms with Crippen LogP contribution < -0.4 is 5.32 Å². The molecule has 3 N–H and O–H groups in total. The third-order valence-corrected chi connectivity index (χ3v) is 15.2. The van der Waals surface area contributed by atoms with Crippen molar-refractivity contribution in [3.63, 3.8) is 0 Å². The van der Waals surface area contributed by atoms with Gasteiger partial charge in [-0.3, -0.25) is 14.1 Å². The molecule has 0 aromatic heterocycles. The maximum atomic E-state index is 14.2. The monoisotopic (exact) mass is 619 g/mol. The van der Waals surface area contributed by atoms with E-state index in [1.54, 1.807) is 0 Å². The fourth-order valence-electron chi connectivity index (χ4n) is 12.3. The lowest BCUT2D eigenvalue weighted by Gasteiger charge is -2.72. The SMILES string of the molecule is C=C(C)[C@@H]1CC[C@]2(C(=O)NCCCCCOP(=O)(O)O)CC[C@]3(C)[C@H](CC[C@@H]4[C@@]5(C)CCC(=O)C(C)(C)[C@@H]5CC[C@]43C)[C@@H]12. The summed E-state index contributed by atoms with van der Waals surface area (Å²) in [5.41, 5.74) is 1.17. The van der Waals surface area contributed by atoms with Crippen molar-refractivity contribution >= 4 is 19.5 Å². The van der Waals surface area contributed by atoms with E-state index in [2.05, 4.69) is 58.0 Å². The summed E-state index contributed by atoms with van der Waals surface area (Å²) < 4.78 is 15.5. The summed E-state index contributed by atoms with van der Waals surface area (Å²) in [5, 5.41) is 3.32. The molecule has 0 heterocycles. The second-order valence-electron chi connectivity index (χ2n) is 16.6. The van der Waals surface area contributed by atoms with Gasteiger partial charge in [-0.1, -0.05) is 46.8 Å². The van der Waals surface area contributed by atoms with Gasteiger partial charge >= 0.3 is 7.82 Å². The van der Waals surface area contributed by atoms with Gasteiger partial charge < -0.3 is 15.1 Å². The molecule has 5 aliphatic carbocycles. The van der Waals surface area contributed by atoms with Crippen LogP contribution in [0.3, 0.4) is 0 Å². The van der Waals surface area contributed by atoms with Crippen molar-refractivity contribution in [3.05, 3.63) is 12.2 Å². The zero-order valence-corrected chi connectivity index (χ0v) is 28.6. The van der Waals surface area contributed by atoms with Gasteiger partial charge in [0.25, 0.3) is 0 Å². The first-order chi connectivity index (χ1) is 19.9. The minimum absolute atomic E-state index is 0.0259. The van der Waals surface area contributed by atoms with E-state index in [1.807, 2.05) is 0 Å². The molecule has 9 atom stereocenters. The Hall–Kier alpha value is -1.01. The lowest BCUT2D eigenvalue weighted by Crippen LogP contribution is -2.67. The Kier molecular flexibility index (Phi) is 8.81. The van der Waals surface area contributed by atoms with Crippen molar-refractivity contribution in [2.75, 3.05) is 13.2 Å². The van der Waals surface area contributed by atoms with Crippen molar-refractivity contribution in [2.45, 2.75) is 125 Å². The van der Waals surface area contributed by atoms with Crippen LogP contribution in [0.15, 0.2) is 12.2 Å². The quantitative estimate of drug-likeness (QED) is 0.139. The summed E-state index contributed by atoms with van der Waals surface area (Å²) in [7, 11) is -4.42. The third-order valence-electron chi connectivity index (χ3n) is 14.6. The first kappa shape index (κ1) is 33.4. The molecule has 5 aliphatic rings. The summed E-state index contributed by atoms with van der Waals surface area (Å²) >= 11 is 0. The minimum Gasteiger partial charge on any atom is -0.356 e. The summed E-state index contributed by atoms with van der Waals surface area (Å²) in [6.07, 6.45) is 12.5. The van der Waals surface area contributed by atoms with Gasteiger partial charge in [0.05, 0.1) is 12.0 Å². The molecule has 1 amide bonds. The van der Waals surface area contributed by atoms with Gasteiger partial charge in [0.15, 0.2) is 0 Å². The van der Waals surface area contributed by atoms with Gasteiger partial charge in [-0.25, -0.2) is 4.57 Å². The van der Waals surface area contributed by atoms with E-state index in [-0.39, 0.29) is 39.6 Å². The second kappa shape index (κ2) is 11.4. The molecule has 0 spiro atoms. The molecule has 5 fully saturated rings. The number of phosphoric acid groups is 1. The Morgan fingerprint density at radius 1 is 0.930 bits per heavy atom. The van der Waals surface area contributed by atoms with Gasteiger partial charge in [-0.05, 0) is 130 Å². The number of amides is 1. The van der Waals surface area contributed by atoms with Crippen molar-refractivity contribution in [3.8, 4) is 0 Å². The molecule has 5 rings (SSSR count). The van der Waals surface area contributed by atoms with Crippen LogP contribution in [-0.2, 0) is 18.7 Å². The van der Waals surface area contributed by atoms with E-state index in [9.17, 15) is 14.2 Å². The van der Waals surface area contributed by atoms with E-state index in [0.717, 1.165) is 57.8 Å². The number of unbranched alkanes of at least 4 members (excludes halogenated alkanes) is 2. The van der Waals surface area contributed by atoms with E-state index in [1.165, 1.54) is 18.4 Å². The Bertz CT molecular complexity index is 1180. The highest BCUT2D eigenvalue weighted by Crippen LogP contribution is 2.77. The number of phosphoric ester groups is 1. The van der Waals surface area contributed by atoms with E-state index < -0.39 is 7.82 Å². The predicted molar refractivity (Wildman–Crippen MR) is 169 cm³/mol. The zero-order chi connectivity index (χ0) is 31.6. The number of ketones is 1. The molecule has 0 saturated heterocycles. The molecule has 8 heteroatoms. The normalized spacial score (nSPS) is 43.6. The number of hydrogen-bond donors (Lipinski definition) is 3. The maximum absolute atomic E-state index is 14.2. The largest absolute Gasteiger partial charge is 0.469 e. The third kappa shape index (κ3) is 5.25. The van der Waals surface area contributed by atoms with Crippen LogP contribution in [0.2, 0.25) is 0 Å². The Labute approximate surface area is 260 Å². The van der Waals surface area contributed by atoms with Crippen molar-refractivity contribution in [2.24, 2.45) is 56.7 Å². The highest BCUT2D eigenvalue weighted by molar-refractivity contribution is 7.46. The minimum atomic E-state index is -4.42. The summed E-state index contributed by atoms with van der Waals surface area (Å²) in [4.78, 5) is 45.0. The van der Waals surface area contributed by atoms with Gasteiger partial charge in [-0.2, -0.15) is 0 Å². The van der Waals surface area contributed by atoms with E-state index >= 15 is 0 Å². The molecule has 0 unspecified atom stereocenters. The van der Waals surface area contributed by atoms with Crippen LogP contribution in [-0.4, -0.2) is 34.6 Å². The summed E-state index contributed by atoms with van der Waals surface area (Å²) in [6.45, 7) is 19.4. The maximum Gasteiger partial charge on any atom is 0.469 e. The molecular weight excluding hydrogens is 561 g/mol. The first-order valence-corrected chi connectivity index (χ1v) is 18.6. The molecule has 0 aromatic carbocycles. The Balaban J connectivity index is 1.35. The number of hydrogen-bond acceptors (Lipinski definition) is 4. The smallest absolute Gasteiger partial charge is 0.356 e. The lowest BCUT2D eigenvalue weighted by molar-refractivity contribution is -0.233. The molecule has 0 bridgehead atoms. The standard InChI is InChI=1S/C35H58NO6P/c1-23(2)24-13-18-35(30(38)36-21-9-8-10-22-42-43(39,40)41)20-19-33(6)25(29(24)35)11-12-27-32(5)16-15-28(37)31(3,4)26(32)14-17-34(27,33)7/h24-27,29H,1,8-22H2,2-7H3,(H,36,38)(H2,39,40,41)/t24-,25+,26-,27+,29+,32-,33+,34+,35-/m0/s1. The van der Waals surface area contributed by atoms with E-state index in [0.29, 0.717) is 54.8 Å². The molecule has 5 saturated carbocycles. The number of allylic oxidation sites excluding steroid dienone is 1. The first-order valence-electron chi connectivity index (χ1n) is 17.1. The summed E-state index contributed by atoms with van der Waals surface area (Å²) in [6, 6.07) is 0. The fraction of sp³-hybridized carbons (Fsp3) is 0.886. The Morgan fingerprint density at radius 3 is 2.33 bits per heavy atom. The average Bonchev–Trinajstić information content (AvgIpc) is 3.31. The van der Waals surface area contributed by atoms with Crippen molar-refractivity contribution in [1.82, 2.24) is 5.32 Å². The molecule has 7 nitrogen and oxygen atoms in total. The average molecular weight is 620 g/mol. The van der Waals surface area contributed by atoms with Gasteiger partial charge in [0.2, 0.25) is 5.91 Å². The van der Waals surface area contributed by atoms with Crippen LogP contribution in [0.4, 0.5) is 0 Å². The van der Waals surface area contributed by atoms with Crippen molar-refractivity contribution < 1.29 is 28.5 Å². The number of carbonyl (C=O) groups is 2. The van der Waals surface area contributed by atoms with Gasteiger partial charge in [-0.15, -0.1) is 0 Å². The second-order valence-corrected chi connectivity index (χ2v) is 17.9. The summed E-state index contributed by atoms with van der Waals surface area (Å²) in [5.74, 6) is 2.90. The number of carbonyl (C=O) groups excluding carboxylic acids is 2. The number of nitrogens with one attached hydrogen (secondary N) is 1. The fourth-order valence-corrected chi connectivity index (χ4v) is 12.7. The molecule has 43 heavy (non-hydrogen) atoms. The van der Waals surface area contributed by atoms with Crippen LogP contribution in [0.25, 0.3) is 0 Å². The van der Waals surface area contributed by atoms with Gasteiger partial charge in [0, 0.05) is 18.4 Å². The molecular formula is C35H58NO6P. The molecule has 244 valence electrons. The topological polar surface area (TPSA) is 113 Å². The van der Waals surface area contributed by atoms with Crippen LogP contribution in [0.5, 0.6) is 0 Å². The number of rotatable bonds is 9. The highest BCUT2D eigenvalue weighted by atomic mass is 31.2. The number of Topliss-reactive ketones (excluding diaryl/α,β-unsaturated/α-hetero) is 1. The van der Waals surface area contributed by atoms with Crippen molar-refractivity contribution in [1.29, 1.82) is 0 Å². The van der Waals surface area contributed by atoms with Crippen LogP contribution in [0, 0.1) is 56.7 Å². The highest BCUT2D eigenvalue weighted by Gasteiger charge is 2.71.